The fourth-order valence-electron chi connectivity index (χ4n) is 5.08. The third-order valence-electron chi connectivity index (χ3n) is 6.96. The van der Waals surface area contributed by atoms with Crippen LogP contribution in [0.2, 0.25) is 10.0 Å². The topological polar surface area (TPSA) is 64.4 Å². The Morgan fingerprint density at radius 1 is 0.972 bits per heavy atom. The van der Waals surface area contributed by atoms with Crippen LogP contribution in [0, 0.1) is 19.3 Å². The minimum absolute atomic E-state index is 0.00563. The van der Waals surface area contributed by atoms with Crippen LogP contribution >= 0.6 is 23.2 Å². The summed E-state index contributed by atoms with van der Waals surface area (Å²) in [6, 6.07) is 20.4. The highest BCUT2D eigenvalue weighted by Crippen LogP contribution is 2.49. The smallest absolute Gasteiger partial charge is 0.161 e. The van der Waals surface area contributed by atoms with Crippen molar-refractivity contribution in [2.45, 2.75) is 39.0 Å². The van der Waals surface area contributed by atoms with Gasteiger partial charge in [-0.25, -0.2) is 0 Å². The van der Waals surface area contributed by atoms with Gasteiger partial charge in [0.1, 0.15) is 11.6 Å². The number of aliphatic hydroxyl groups excluding tert-OH is 1. The lowest BCUT2D eigenvalue weighted by atomic mass is 9.73. The minimum atomic E-state index is -0.660. The van der Waals surface area contributed by atoms with Gasteiger partial charge in [0.25, 0.3) is 0 Å². The van der Waals surface area contributed by atoms with Crippen molar-refractivity contribution in [3.8, 4) is 0 Å². The van der Waals surface area contributed by atoms with Gasteiger partial charge in [-0.1, -0.05) is 77.3 Å². The quantitative estimate of drug-likeness (QED) is 0.345. The number of hydrogen-bond acceptors (Lipinski definition) is 3. The van der Waals surface area contributed by atoms with E-state index in [1.807, 2.05) is 74.5 Å². The van der Waals surface area contributed by atoms with E-state index >= 15 is 0 Å². The number of amidine groups is 1. The fraction of sp³-hybridized carbons (Fsp3) is 0.200. The highest BCUT2D eigenvalue weighted by atomic mass is 35.5. The highest BCUT2D eigenvalue weighted by molar-refractivity contribution is 6.32. The largest absolute Gasteiger partial charge is 0.507 e. The van der Waals surface area contributed by atoms with Gasteiger partial charge in [0.2, 0.25) is 0 Å². The van der Waals surface area contributed by atoms with Crippen molar-refractivity contribution in [3.05, 3.63) is 116 Å². The predicted octanol–water partition coefficient (Wildman–Crippen LogP) is 8.17. The molecule has 2 N–H and O–H groups in total. The first-order chi connectivity index (χ1) is 17.3. The molecule has 2 aliphatic rings. The summed E-state index contributed by atoms with van der Waals surface area (Å²) in [6.07, 6.45) is 1.74. The molecule has 0 amide bonds. The number of ketones is 1. The van der Waals surface area contributed by atoms with Crippen molar-refractivity contribution in [3.63, 3.8) is 0 Å². The van der Waals surface area contributed by atoms with E-state index in [9.17, 15) is 15.3 Å². The van der Waals surface area contributed by atoms with Crippen molar-refractivity contribution >= 4 is 46.3 Å². The van der Waals surface area contributed by atoms with E-state index in [1.165, 1.54) is 0 Å². The third-order valence-corrected chi connectivity index (χ3v) is 7.72. The molecule has 1 atom stereocenters. The molecule has 6 heteroatoms. The lowest BCUT2D eigenvalue weighted by Crippen LogP contribution is -2.42. The molecule has 3 aromatic rings. The van der Waals surface area contributed by atoms with Gasteiger partial charge in [0.15, 0.2) is 5.78 Å². The van der Waals surface area contributed by atoms with Gasteiger partial charge in [-0.3, -0.25) is 15.1 Å². The summed E-state index contributed by atoms with van der Waals surface area (Å²) in [6.45, 7) is 3.90. The zero-order valence-electron chi connectivity index (χ0n) is 20.1. The lowest BCUT2D eigenvalue weighted by Gasteiger charge is -2.42. The molecule has 1 heterocycles. The Balaban J connectivity index is 1.85. The molecular formula is C30H26Cl2N2O2. The van der Waals surface area contributed by atoms with Crippen LogP contribution in [0.15, 0.2) is 83.6 Å². The highest BCUT2D eigenvalue weighted by Gasteiger charge is 2.43. The van der Waals surface area contributed by atoms with E-state index in [2.05, 4.69) is 0 Å². The normalized spacial score (nSPS) is 19.4. The lowest BCUT2D eigenvalue weighted by molar-refractivity contribution is -0.116. The number of allylic oxidation sites excluding steroid dienone is 2. The van der Waals surface area contributed by atoms with Crippen LogP contribution < -0.4 is 4.90 Å². The Morgan fingerprint density at radius 2 is 1.69 bits per heavy atom. The van der Waals surface area contributed by atoms with Gasteiger partial charge in [-0.2, -0.15) is 0 Å². The molecule has 182 valence electrons. The first kappa shape index (κ1) is 24.4. The SMILES string of the molecule is Cc1ccc(/C(O)=C2\C(=N)N(c3ccc(C)c(Cl)c3)C3=C(C(=O)CCC3)C2c2ccccc2Cl)cc1. The number of benzene rings is 3. The Morgan fingerprint density at radius 3 is 2.39 bits per heavy atom. The molecule has 1 aliphatic carbocycles. The molecule has 0 bridgehead atoms. The summed E-state index contributed by atoms with van der Waals surface area (Å²) in [5, 5.41) is 22.1. The molecule has 1 aliphatic heterocycles. The van der Waals surface area contributed by atoms with Gasteiger partial charge < -0.3 is 5.11 Å². The number of aryl methyl sites for hydroxylation is 2. The van der Waals surface area contributed by atoms with E-state index in [0.29, 0.717) is 57.3 Å². The Bertz CT molecular complexity index is 1450. The van der Waals surface area contributed by atoms with Gasteiger partial charge in [-0.15, -0.1) is 0 Å². The number of hydrogen-bond donors (Lipinski definition) is 2. The molecule has 0 aromatic heterocycles. The van der Waals surface area contributed by atoms with Gasteiger partial charge in [0.05, 0.1) is 0 Å². The summed E-state index contributed by atoms with van der Waals surface area (Å²) in [5.41, 5.74) is 5.62. The van der Waals surface area contributed by atoms with E-state index in [0.717, 1.165) is 16.8 Å². The van der Waals surface area contributed by atoms with Crippen LogP contribution in [0.5, 0.6) is 0 Å². The van der Waals surface area contributed by atoms with Crippen LogP contribution in [-0.4, -0.2) is 16.7 Å². The standard InChI is InChI=1S/C30H26Cl2N2O2/c1-17-10-13-19(14-11-17)29(36)28-26(21-6-3-4-7-22(21)31)27-24(8-5-9-25(27)35)34(30(28)33)20-15-12-18(2)23(32)16-20/h3-4,6-7,10-16,26,33,36H,5,8-9H2,1-2H3/b29-28+,33-30?. The van der Waals surface area contributed by atoms with Crippen LogP contribution in [0.4, 0.5) is 5.69 Å². The summed E-state index contributed by atoms with van der Waals surface area (Å²) >= 11 is 13.2. The number of nitrogens with zero attached hydrogens (tertiary/aromatic N) is 1. The number of anilines is 1. The molecule has 0 saturated heterocycles. The van der Waals surface area contributed by atoms with Crippen molar-refractivity contribution < 1.29 is 9.90 Å². The average Bonchev–Trinajstić information content (AvgIpc) is 2.86. The van der Waals surface area contributed by atoms with Crippen LogP contribution in [0.1, 0.15) is 47.4 Å². The molecule has 1 unspecified atom stereocenters. The van der Waals surface area contributed by atoms with Crippen LogP contribution in [-0.2, 0) is 4.79 Å². The second-order valence-corrected chi connectivity index (χ2v) is 10.2. The number of Topliss-reactive ketones (excluding diaryl/α,β-unsaturated/α-hetero) is 1. The first-order valence-corrected chi connectivity index (χ1v) is 12.7. The Kier molecular flexibility index (Phi) is 6.50. The zero-order chi connectivity index (χ0) is 25.6. The molecular weight excluding hydrogens is 491 g/mol. The molecule has 36 heavy (non-hydrogen) atoms. The molecule has 0 fully saturated rings. The van der Waals surface area contributed by atoms with Gasteiger partial charge >= 0.3 is 0 Å². The Hall–Kier alpha value is -3.34. The van der Waals surface area contributed by atoms with Crippen molar-refractivity contribution in [2.75, 3.05) is 4.90 Å². The summed E-state index contributed by atoms with van der Waals surface area (Å²) < 4.78 is 0. The maximum atomic E-state index is 13.5. The minimum Gasteiger partial charge on any atom is -0.507 e. The Labute approximate surface area is 221 Å². The molecule has 4 nitrogen and oxygen atoms in total. The summed E-state index contributed by atoms with van der Waals surface area (Å²) in [7, 11) is 0. The second-order valence-electron chi connectivity index (χ2n) is 9.34. The number of carbonyl (C=O) groups excluding carboxylic acids is 1. The maximum absolute atomic E-state index is 13.5. The number of nitrogens with one attached hydrogen (secondary N) is 1. The predicted molar refractivity (Wildman–Crippen MR) is 147 cm³/mol. The third kappa shape index (κ3) is 4.15. The molecule has 5 rings (SSSR count). The monoisotopic (exact) mass is 516 g/mol. The van der Waals surface area contributed by atoms with Crippen molar-refractivity contribution in [2.24, 2.45) is 0 Å². The number of halogens is 2. The van der Waals surface area contributed by atoms with Crippen LogP contribution in [0.25, 0.3) is 5.76 Å². The van der Waals surface area contributed by atoms with Gasteiger partial charge in [0, 0.05) is 50.5 Å². The summed E-state index contributed by atoms with van der Waals surface area (Å²) in [5.74, 6) is -0.594. The second kappa shape index (κ2) is 9.61. The summed E-state index contributed by atoms with van der Waals surface area (Å²) in [4.78, 5) is 15.3. The fourth-order valence-corrected chi connectivity index (χ4v) is 5.50. The van der Waals surface area contributed by atoms with Crippen molar-refractivity contribution in [1.29, 1.82) is 5.41 Å². The van der Waals surface area contributed by atoms with E-state index in [-0.39, 0.29) is 17.4 Å². The van der Waals surface area contributed by atoms with Gasteiger partial charge in [-0.05, 0) is 56.0 Å². The number of rotatable bonds is 3. The van der Waals surface area contributed by atoms with E-state index < -0.39 is 5.92 Å². The average molecular weight is 517 g/mol. The molecule has 3 aromatic carbocycles. The number of carbonyl (C=O) groups is 1. The number of aliphatic hydroxyl groups is 1. The molecule has 0 spiro atoms. The van der Waals surface area contributed by atoms with E-state index in [1.54, 1.807) is 11.0 Å². The first-order valence-electron chi connectivity index (χ1n) is 11.9. The maximum Gasteiger partial charge on any atom is 0.161 e. The zero-order valence-corrected chi connectivity index (χ0v) is 21.6. The van der Waals surface area contributed by atoms with E-state index in [4.69, 9.17) is 23.2 Å². The van der Waals surface area contributed by atoms with Crippen molar-refractivity contribution in [1.82, 2.24) is 0 Å². The van der Waals surface area contributed by atoms with Crippen LogP contribution in [0.3, 0.4) is 0 Å². The molecule has 0 radical (unpaired) electrons. The molecule has 0 saturated carbocycles.